The van der Waals surface area contributed by atoms with Gasteiger partial charge in [-0.1, -0.05) is 40.5 Å². The Hall–Kier alpha value is -1.15. The van der Waals surface area contributed by atoms with E-state index in [-0.39, 0.29) is 13.2 Å². The molecule has 0 radical (unpaired) electrons. The first-order valence-corrected chi connectivity index (χ1v) is 9.90. The highest BCUT2D eigenvalue weighted by Gasteiger charge is 2.35. The Morgan fingerprint density at radius 2 is 1.42 bits per heavy atom. The van der Waals surface area contributed by atoms with Crippen molar-refractivity contribution in [2.75, 3.05) is 13.2 Å². The van der Waals surface area contributed by atoms with E-state index in [0.717, 1.165) is 12.8 Å². The molecule has 0 heterocycles. The quantitative estimate of drug-likeness (QED) is 0.418. The molecular formula is C16H30O7S. The maximum Gasteiger partial charge on any atom is 0.327 e. The third kappa shape index (κ3) is 9.87. The van der Waals surface area contributed by atoms with Crippen LogP contribution in [-0.4, -0.2) is 43.4 Å². The minimum absolute atomic E-state index is 0.0446. The number of ether oxygens (including phenoxy) is 2. The minimum atomic E-state index is -4.74. The number of carbonyl (C=O) groups excluding carboxylic acids is 2. The zero-order chi connectivity index (χ0) is 18.8. The SMILES string of the molecule is CCC(C)CCOC(=O)CC(C(=O)OCCC(C)CC)S(=O)(=O)O. The van der Waals surface area contributed by atoms with Crippen molar-refractivity contribution >= 4 is 22.1 Å². The van der Waals surface area contributed by atoms with Gasteiger partial charge >= 0.3 is 11.9 Å². The summed E-state index contributed by atoms with van der Waals surface area (Å²) >= 11 is 0. The van der Waals surface area contributed by atoms with Gasteiger partial charge in [-0.3, -0.25) is 14.1 Å². The van der Waals surface area contributed by atoms with Crippen molar-refractivity contribution in [3.8, 4) is 0 Å². The molecule has 7 nitrogen and oxygen atoms in total. The molecule has 0 aromatic rings. The summed E-state index contributed by atoms with van der Waals surface area (Å²) < 4.78 is 41.6. The second kappa shape index (κ2) is 11.4. The molecule has 0 aliphatic carbocycles. The van der Waals surface area contributed by atoms with Crippen LogP contribution in [0.4, 0.5) is 0 Å². The van der Waals surface area contributed by atoms with Crippen LogP contribution < -0.4 is 0 Å². The second-order valence-electron chi connectivity index (χ2n) is 6.20. The first-order valence-electron chi connectivity index (χ1n) is 8.40. The molecule has 0 bridgehead atoms. The Kier molecular flexibility index (Phi) is 10.9. The van der Waals surface area contributed by atoms with Crippen LogP contribution in [0.3, 0.4) is 0 Å². The Labute approximate surface area is 144 Å². The average Bonchev–Trinajstić information content (AvgIpc) is 2.50. The molecular weight excluding hydrogens is 336 g/mol. The first kappa shape index (κ1) is 22.9. The molecule has 0 spiro atoms. The summed E-state index contributed by atoms with van der Waals surface area (Å²) in [4.78, 5) is 23.6. The molecule has 0 aromatic heterocycles. The molecule has 8 heteroatoms. The molecule has 142 valence electrons. The standard InChI is InChI=1S/C16H30O7S/c1-5-12(3)7-9-22-15(17)11-14(24(19,20)21)16(18)23-10-8-13(4)6-2/h12-14H,5-11H2,1-4H3,(H,19,20,21). The summed E-state index contributed by atoms with van der Waals surface area (Å²) in [6, 6.07) is 0. The highest BCUT2D eigenvalue weighted by Crippen LogP contribution is 2.12. The maximum atomic E-state index is 11.9. The van der Waals surface area contributed by atoms with E-state index in [0.29, 0.717) is 24.7 Å². The lowest BCUT2D eigenvalue weighted by Crippen LogP contribution is -2.34. The molecule has 0 aliphatic rings. The Morgan fingerprint density at radius 1 is 0.958 bits per heavy atom. The molecule has 3 atom stereocenters. The van der Waals surface area contributed by atoms with E-state index in [9.17, 15) is 18.0 Å². The number of hydrogen-bond donors (Lipinski definition) is 1. The van der Waals surface area contributed by atoms with Gasteiger partial charge in [0.15, 0.2) is 5.25 Å². The summed E-state index contributed by atoms with van der Waals surface area (Å²) in [6.07, 6.45) is 2.33. The largest absolute Gasteiger partial charge is 0.466 e. The van der Waals surface area contributed by atoms with Crippen molar-refractivity contribution in [1.82, 2.24) is 0 Å². The Morgan fingerprint density at radius 3 is 1.83 bits per heavy atom. The van der Waals surface area contributed by atoms with Crippen molar-refractivity contribution in [1.29, 1.82) is 0 Å². The lowest BCUT2D eigenvalue weighted by molar-refractivity contribution is -0.150. The molecule has 0 aromatic carbocycles. The van der Waals surface area contributed by atoms with E-state index < -0.39 is 33.7 Å². The Balaban J connectivity index is 4.51. The van der Waals surface area contributed by atoms with Gasteiger partial charge in [-0.05, 0) is 24.7 Å². The maximum absolute atomic E-state index is 11.9. The van der Waals surface area contributed by atoms with Crippen molar-refractivity contribution in [3.63, 3.8) is 0 Å². The van der Waals surface area contributed by atoms with Crippen LogP contribution in [0.15, 0.2) is 0 Å². The lowest BCUT2D eigenvalue weighted by atomic mass is 10.1. The van der Waals surface area contributed by atoms with E-state index in [2.05, 4.69) is 0 Å². The zero-order valence-corrected chi connectivity index (χ0v) is 15.8. The summed E-state index contributed by atoms with van der Waals surface area (Å²) in [6.45, 7) is 8.17. The van der Waals surface area contributed by atoms with Crippen molar-refractivity contribution < 1.29 is 32.0 Å². The normalized spacial score (nSPS) is 15.4. The van der Waals surface area contributed by atoms with Gasteiger partial charge in [0, 0.05) is 0 Å². The van der Waals surface area contributed by atoms with Gasteiger partial charge < -0.3 is 9.47 Å². The fourth-order valence-corrected chi connectivity index (χ4v) is 2.41. The van der Waals surface area contributed by atoms with Crippen LogP contribution in [0.2, 0.25) is 0 Å². The monoisotopic (exact) mass is 366 g/mol. The van der Waals surface area contributed by atoms with Crippen LogP contribution in [0.1, 0.15) is 59.8 Å². The van der Waals surface area contributed by atoms with Gasteiger partial charge in [0.25, 0.3) is 10.1 Å². The van der Waals surface area contributed by atoms with Gasteiger partial charge in [-0.2, -0.15) is 8.42 Å². The van der Waals surface area contributed by atoms with Crippen LogP contribution in [0.5, 0.6) is 0 Å². The van der Waals surface area contributed by atoms with Crippen molar-refractivity contribution in [3.05, 3.63) is 0 Å². The summed E-state index contributed by atoms with van der Waals surface area (Å²) in [5.74, 6) is -1.27. The van der Waals surface area contributed by atoms with E-state index in [4.69, 9.17) is 14.0 Å². The number of rotatable bonds is 12. The van der Waals surface area contributed by atoms with Gasteiger partial charge in [-0.15, -0.1) is 0 Å². The molecule has 0 amide bonds. The van der Waals surface area contributed by atoms with Crippen LogP contribution >= 0.6 is 0 Å². The van der Waals surface area contributed by atoms with Crippen molar-refractivity contribution in [2.24, 2.45) is 11.8 Å². The molecule has 0 rings (SSSR count). The van der Waals surface area contributed by atoms with E-state index >= 15 is 0 Å². The Bertz CT molecular complexity index is 487. The predicted octanol–water partition coefficient (Wildman–Crippen LogP) is 2.59. The number of carbonyl (C=O) groups is 2. The van der Waals surface area contributed by atoms with Crippen LogP contribution in [0.25, 0.3) is 0 Å². The first-order chi connectivity index (χ1) is 11.1. The molecule has 0 aliphatic heterocycles. The smallest absolute Gasteiger partial charge is 0.327 e. The second-order valence-corrected chi connectivity index (χ2v) is 7.80. The van der Waals surface area contributed by atoms with E-state index in [1.807, 2.05) is 27.7 Å². The molecule has 3 unspecified atom stereocenters. The molecule has 0 saturated heterocycles. The van der Waals surface area contributed by atoms with Crippen LogP contribution in [-0.2, 0) is 29.2 Å². The zero-order valence-electron chi connectivity index (χ0n) is 15.0. The molecule has 0 saturated carbocycles. The summed E-state index contributed by atoms with van der Waals surface area (Å²) in [5.41, 5.74) is 0. The van der Waals surface area contributed by atoms with Gasteiger partial charge in [0.1, 0.15) is 0 Å². The third-order valence-electron chi connectivity index (χ3n) is 4.10. The topological polar surface area (TPSA) is 107 Å². The fourth-order valence-electron chi connectivity index (χ4n) is 1.76. The molecule has 24 heavy (non-hydrogen) atoms. The molecule has 0 fully saturated rings. The van der Waals surface area contributed by atoms with Crippen molar-refractivity contribution in [2.45, 2.75) is 65.0 Å². The summed E-state index contributed by atoms with van der Waals surface area (Å²) in [5, 5.41) is -1.94. The molecule has 1 N–H and O–H groups in total. The van der Waals surface area contributed by atoms with E-state index in [1.54, 1.807) is 0 Å². The lowest BCUT2D eigenvalue weighted by Gasteiger charge is -2.15. The van der Waals surface area contributed by atoms with E-state index in [1.165, 1.54) is 0 Å². The average molecular weight is 366 g/mol. The van der Waals surface area contributed by atoms with Gasteiger partial charge in [-0.25, -0.2) is 0 Å². The highest BCUT2D eigenvalue weighted by atomic mass is 32.2. The summed E-state index contributed by atoms with van der Waals surface area (Å²) in [7, 11) is -4.74. The number of esters is 2. The fraction of sp³-hybridized carbons (Fsp3) is 0.875. The number of hydrogen-bond acceptors (Lipinski definition) is 6. The minimum Gasteiger partial charge on any atom is -0.466 e. The highest BCUT2D eigenvalue weighted by molar-refractivity contribution is 7.87. The predicted molar refractivity (Wildman–Crippen MR) is 90.0 cm³/mol. The van der Waals surface area contributed by atoms with Gasteiger partial charge in [0.2, 0.25) is 0 Å². The van der Waals surface area contributed by atoms with Gasteiger partial charge in [0.05, 0.1) is 19.6 Å². The van der Waals surface area contributed by atoms with Crippen LogP contribution in [0, 0.1) is 11.8 Å². The third-order valence-corrected chi connectivity index (χ3v) is 5.18.